The molecule has 1 amide bonds. The highest BCUT2D eigenvalue weighted by Crippen LogP contribution is 2.24. The fourth-order valence-electron chi connectivity index (χ4n) is 2.34. The predicted molar refractivity (Wildman–Crippen MR) is 90.9 cm³/mol. The fourth-order valence-corrected chi connectivity index (χ4v) is 2.34. The molecule has 0 aliphatic heterocycles. The highest BCUT2D eigenvalue weighted by atomic mass is 16.5. The van der Waals surface area contributed by atoms with Gasteiger partial charge < -0.3 is 15.2 Å². The highest BCUT2D eigenvalue weighted by molar-refractivity contribution is 5.93. The van der Waals surface area contributed by atoms with Crippen molar-refractivity contribution in [2.75, 3.05) is 11.9 Å². The van der Waals surface area contributed by atoms with Gasteiger partial charge in [-0.2, -0.15) is 0 Å². The van der Waals surface area contributed by atoms with E-state index < -0.39 is 0 Å². The first-order valence-corrected chi connectivity index (χ1v) is 7.33. The molecular formula is C19H17NO3. The monoisotopic (exact) mass is 307 g/mol. The second kappa shape index (κ2) is 6.40. The Morgan fingerprint density at radius 2 is 1.83 bits per heavy atom. The van der Waals surface area contributed by atoms with Gasteiger partial charge in [-0.3, -0.25) is 4.79 Å². The van der Waals surface area contributed by atoms with Crippen LogP contribution in [0.1, 0.15) is 5.56 Å². The third kappa shape index (κ3) is 3.61. The number of nitrogens with one attached hydrogen (secondary N) is 1. The Hall–Kier alpha value is -3.01. The minimum Gasteiger partial charge on any atom is -0.506 e. The second-order valence-corrected chi connectivity index (χ2v) is 5.37. The molecule has 0 heterocycles. The van der Waals surface area contributed by atoms with Gasteiger partial charge in [-0.05, 0) is 47.5 Å². The van der Waals surface area contributed by atoms with Crippen molar-refractivity contribution in [3.8, 4) is 11.5 Å². The molecule has 23 heavy (non-hydrogen) atoms. The molecule has 3 rings (SSSR count). The van der Waals surface area contributed by atoms with Gasteiger partial charge in [-0.1, -0.05) is 36.4 Å². The van der Waals surface area contributed by atoms with Crippen LogP contribution in [0.4, 0.5) is 5.69 Å². The number of benzene rings is 3. The van der Waals surface area contributed by atoms with Gasteiger partial charge in [-0.25, -0.2) is 0 Å². The topological polar surface area (TPSA) is 58.6 Å². The van der Waals surface area contributed by atoms with Crippen molar-refractivity contribution in [2.24, 2.45) is 0 Å². The summed E-state index contributed by atoms with van der Waals surface area (Å²) in [7, 11) is 0. The lowest BCUT2D eigenvalue weighted by Gasteiger charge is -2.10. The van der Waals surface area contributed by atoms with E-state index in [0.29, 0.717) is 11.4 Å². The lowest BCUT2D eigenvalue weighted by atomic mass is 10.1. The van der Waals surface area contributed by atoms with Gasteiger partial charge in [-0.15, -0.1) is 0 Å². The van der Waals surface area contributed by atoms with Gasteiger partial charge in [0, 0.05) is 0 Å². The summed E-state index contributed by atoms with van der Waals surface area (Å²) in [5.74, 6) is 0.348. The number of fused-ring (bicyclic) bond motifs is 1. The van der Waals surface area contributed by atoms with E-state index in [1.54, 1.807) is 18.2 Å². The van der Waals surface area contributed by atoms with E-state index in [1.165, 1.54) is 0 Å². The van der Waals surface area contributed by atoms with Crippen molar-refractivity contribution < 1.29 is 14.6 Å². The van der Waals surface area contributed by atoms with E-state index >= 15 is 0 Å². The van der Waals surface area contributed by atoms with Crippen LogP contribution in [0.2, 0.25) is 0 Å². The van der Waals surface area contributed by atoms with E-state index in [1.807, 2.05) is 49.4 Å². The summed E-state index contributed by atoms with van der Waals surface area (Å²) in [4.78, 5) is 12.0. The third-order valence-electron chi connectivity index (χ3n) is 3.52. The molecule has 3 aromatic rings. The van der Waals surface area contributed by atoms with Crippen LogP contribution in [0.15, 0.2) is 60.7 Å². The number of rotatable bonds is 4. The standard InChI is InChI=1S/C19H17NO3/c1-13-6-9-18(21)17(10-13)20-19(22)12-23-16-8-7-14-4-2-3-5-15(14)11-16/h2-11,21H,12H2,1H3,(H,20,22). The van der Waals surface area contributed by atoms with E-state index in [0.717, 1.165) is 16.3 Å². The first-order chi connectivity index (χ1) is 11.1. The largest absolute Gasteiger partial charge is 0.506 e. The van der Waals surface area contributed by atoms with Crippen molar-refractivity contribution >= 4 is 22.4 Å². The summed E-state index contributed by atoms with van der Waals surface area (Å²) >= 11 is 0. The van der Waals surface area contributed by atoms with Crippen LogP contribution < -0.4 is 10.1 Å². The maximum atomic E-state index is 12.0. The maximum absolute atomic E-state index is 12.0. The lowest BCUT2D eigenvalue weighted by Crippen LogP contribution is -2.20. The number of carbonyl (C=O) groups excluding carboxylic acids is 1. The number of carbonyl (C=O) groups is 1. The first-order valence-electron chi connectivity index (χ1n) is 7.33. The Morgan fingerprint density at radius 3 is 2.65 bits per heavy atom. The third-order valence-corrected chi connectivity index (χ3v) is 3.52. The molecule has 0 spiro atoms. The van der Waals surface area contributed by atoms with Gasteiger partial charge in [0.15, 0.2) is 6.61 Å². The van der Waals surface area contributed by atoms with Crippen molar-refractivity contribution in [1.82, 2.24) is 0 Å². The van der Waals surface area contributed by atoms with Crippen molar-refractivity contribution in [3.63, 3.8) is 0 Å². The van der Waals surface area contributed by atoms with Gasteiger partial charge in [0.2, 0.25) is 0 Å². The molecule has 0 aliphatic rings. The van der Waals surface area contributed by atoms with Crippen molar-refractivity contribution in [1.29, 1.82) is 0 Å². The summed E-state index contributed by atoms with van der Waals surface area (Å²) in [5.41, 5.74) is 1.34. The highest BCUT2D eigenvalue weighted by Gasteiger charge is 2.08. The molecule has 2 N–H and O–H groups in total. The van der Waals surface area contributed by atoms with Crippen LogP contribution in [0.25, 0.3) is 10.8 Å². The number of hydrogen-bond acceptors (Lipinski definition) is 3. The molecule has 116 valence electrons. The second-order valence-electron chi connectivity index (χ2n) is 5.37. The molecule has 0 saturated heterocycles. The number of phenols is 1. The predicted octanol–water partition coefficient (Wildman–Crippen LogP) is 3.87. The number of aromatic hydroxyl groups is 1. The number of anilines is 1. The van der Waals surface area contributed by atoms with Crippen LogP contribution in [0.5, 0.6) is 11.5 Å². The zero-order chi connectivity index (χ0) is 16.2. The molecule has 0 aliphatic carbocycles. The van der Waals surface area contributed by atoms with Crippen LogP contribution in [-0.2, 0) is 4.79 Å². The average Bonchev–Trinajstić information content (AvgIpc) is 2.56. The summed E-state index contributed by atoms with van der Waals surface area (Å²) in [6.45, 7) is 1.77. The van der Waals surface area contributed by atoms with E-state index in [-0.39, 0.29) is 18.3 Å². The zero-order valence-electron chi connectivity index (χ0n) is 12.7. The average molecular weight is 307 g/mol. The van der Waals surface area contributed by atoms with Gasteiger partial charge in [0.05, 0.1) is 5.69 Å². The zero-order valence-corrected chi connectivity index (χ0v) is 12.7. The molecular weight excluding hydrogens is 290 g/mol. The molecule has 0 atom stereocenters. The van der Waals surface area contributed by atoms with E-state index in [4.69, 9.17) is 4.74 Å². The molecule has 4 heteroatoms. The molecule has 0 bridgehead atoms. The smallest absolute Gasteiger partial charge is 0.262 e. The van der Waals surface area contributed by atoms with Crippen LogP contribution in [0.3, 0.4) is 0 Å². The summed E-state index contributed by atoms with van der Waals surface area (Å²) < 4.78 is 5.52. The molecule has 0 saturated carbocycles. The van der Waals surface area contributed by atoms with Crippen molar-refractivity contribution in [2.45, 2.75) is 6.92 Å². The minimum absolute atomic E-state index is 0.0367. The van der Waals surface area contributed by atoms with E-state index in [9.17, 15) is 9.90 Å². The maximum Gasteiger partial charge on any atom is 0.262 e. The Kier molecular flexibility index (Phi) is 4.15. The summed E-state index contributed by atoms with van der Waals surface area (Å²) in [5, 5.41) is 14.6. The summed E-state index contributed by atoms with van der Waals surface area (Å²) in [6, 6.07) is 18.7. The minimum atomic E-state index is -0.320. The van der Waals surface area contributed by atoms with Crippen LogP contribution in [0, 0.1) is 6.92 Å². The van der Waals surface area contributed by atoms with Crippen LogP contribution in [-0.4, -0.2) is 17.6 Å². The number of ether oxygens (including phenoxy) is 1. The summed E-state index contributed by atoms with van der Waals surface area (Å²) in [6.07, 6.45) is 0. The Morgan fingerprint density at radius 1 is 1.04 bits per heavy atom. The van der Waals surface area contributed by atoms with Crippen molar-refractivity contribution in [3.05, 3.63) is 66.2 Å². The molecule has 0 aromatic heterocycles. The number of amides is 1. The fraction of sp³-hybridized carbons (Fsp3) is 0.105. The molecule has 0 unspecified atom stereocenters. The Balaban J connectivity index is 1.64. The molecule has 4 nitrogen and oxygen atoms in total. The van der Waals surface area contributed by atoms with Gasteiger partial charge in [0.1, 0.15) is 11.5 Å². The number of hydrogen-bond donors (Lipinski definition) is 2. The first kappa shape index (κ1) is 14.9. The quantitative estimate of drug-likeness (QED) is 0.719. The van der Waals surface area contributed by atoms with Gasteiger partial charge >= 0.3 is 0 Å². The Bertz CT molecular complexity index is 858. The number of aryl methyl sites for hydroxylation is 1. The number of phenolic OH excluding ortho intramolecular Hbond substituents is 1. The molecule has 0 radical (unpaired) electrons. The van der Waals surface area contributed by atoms with Gasteiger partial charge in [0.25, 0.3) is 5.91 Å². The normalized spacial score (nSPS) is 10.5. The Labute approximate surface area is 134 Å². The SMILES string of the molecule is Cc1ccc(O)c(NC(=O)COc2ccc3ccccc3c2)c1. The van der Waals surface area contributed by atoms with E-state index in [2.05, 4.69) is 5.32 Å². The van der Waals surface area contributed by atoms with Crippen LogP contribution >= 0.6 is 0 Å². The lowest BCUT2D eigenvalue weighted by molar-refractivity contribution is -0.118. The molecule has 3 aromatic carbocycles. The molecule has 0 fully saturated rings.